The van der Waals surface area contributed by atoms with Crippen LogP contribution in [0.2, 0.25) is 0 Å². The second-order valence-electron chi connectivity index (χ2n) is 6.58. The number of pyridine rings is 1. The summed E-state index contributed by atoms with van der Waals surface area (Å²) < 4.78 is 0. The monoisotopic (exact) mass is 338 g/mol. The number of rotatable bonds is 5. The van der Waals surface area contributed by atoms with E-state index in [1.54, 1.807) is 18.3 Å². The van der Waals surface area contributed by atoms with Crippen molar-refractivity contribution in [2.75, 3.05) is 10.6 Å². The fourth-order valence-electron chi connectivity index (χ4n) is 2.80. The van der Waals surface area contributed by atoms with Gasteiger partial charge in [-0.1, -0.05) is 19.9 Å². The minimum absolute atomic E-state index is 0.0627. The Hall–Kier alpha value is -2.89. The van der Waals surface area contributed by atoms with Gasteiger partial charge in [0, 0.05) is 11.8 Å². The van der Waals surface area contributed by atoms with E-state index in [9.17, 15) is 9.59 Å². The second kappa shape index (κ2) is 7.34. The summed E-state index contributed by atoms with van der Waals surface area (Å²) in [4.78, 5) is 28.7. The molecular weight excluding hydrogens is 316 g/mol. The summed E-state index contributed by atoms with van der Waals surface area (Å²) in [7, 11) is 0. The minimum atomic E-state index is -0.240. The third-order valence-corrected chi connectivity index (χ3v) is 4.05. The van der Waals surface area contributed by atoms with Crippen molar-refractivity contribution < 1.29 is 9.59 Å². The van der Waals surface area contributed by atoms with Gasteiger partial charge in [0.15, 0.2) is 0 Å². The van der Waals surface area contributed by atoms with Crippen molar-refractivity contribution in [1.29, 1.82) is 0 Å². The van der Waals surface area contributed by atoms with E-state index in [1.807, 2.05) is 24.3 Å². The number of hydrogen-bond acceptors (Lipinski definition) is 4. The first-order valence-corrected chi connectivity index (χ1v) is 8.42. The molecule has 2 aromatic rings. The number of amides is 2. The zero-order valence-electron chi connectivity index (χ0n) is 14.4. The molecule has 0 saturated heterocycles. The van der Waals surface area contributed by atoms with Crippen molar-refractivity contribution in [1.82, 2.24) is 10.3 Å². The highest BCUT2D eigenvalue weighted by Crippen LogP contribution is 2.29. The Bertz CT molecular complexity index is 774. The van der Waals surface area contributed by atoms with E-state index in [4.69, 9.17) is 0 Å². The quantitative estimate of drug-likeness (QED) is 0.783. The van der Waals surface area contributed by atoms with Crippen molar-refractivity contribution >= 4 is 23.2 Å². The molecule has 6 nitrogen and oxygen atoms in total. The van der Waals surface area contributed by atoms with Crippen LogP contribution in [0.15, 0.2) is 42.6 Å². The molecule has 2 heterocycles. The summed E-state index contributed by atoms with van der Waals surface area (Å²) in [6.07, 6.45) is 2.45. The standard InChI is InChI=1S/C19H22N4O2/c1-12(2)9-17-19(25)23-16-10-13(6-7-15(16)22-17)18(24)21-11-14-5-3-4-8-20-14/h3-8,10,12,17,22H,9,11H2,1-2H3,(H,21,24)(H,23,25). The van der Waals surface area contributed by atoms with Gasteiger partial charge in [-0.05, 0) is 42.7 Å². The van der Waals surface area contributed by atoms with E-state index in [0.29, 0.717) is 23.7 Å². The van der Waals surface area contributed by atoms with Crippen molar-refractivity contribution in [2.24, 2.45) is 5.92 Å². The summed E-state index contributed by atoms with van der Waals surface area (Å²) in [6, 6.07) is 10.6. The summed E-state index contributed by atoms with van der Waals surface area (Å²) in [5.74, 6) is 0.153. The van der Waals surface area contributed by atoms with Gasteiger partial charge in [0.05, 0.1) is 23.6 Å². The topological polar surface area (TPSA) is 83.1 Å². The molecule has 3 rings (SSSR count). The molecule has 1 aromatic heterocycles. The lowest BCUT2D eigenvalue weighted by Crippen LogP contribution is -2.39. The number of carbonyl (C=O) groups is 2. The van der Waals surface area contributed by atoms with E-state index < -0.39 is 0 Å². The van der Waals surface area contributed by atoms with E-state index in [0.717, 1.165) is 17.8 Å². The predicted molar refractivity (Wildman–Crippen MR) is 97.3 cm³/mol. The molecule has 25 heavy (non-hydrogen) atoms. The van der Waals surface area contributed by atoms with Gasteiger partial charge in [0.2, 0.25) is 5.91 Å². The molecule has 0 aliphatic carbocycles. The average molecular weight is 338 g/mol. The van der Waals surface area contributed by atoms with Gasteiger partial charge in [-0.2, -0.15) is 0 Å². The predicted octanol–water partition coefficient (Wildman–Crippen LogP) is 2.79. The molecule has 1 aromatic carbocycles. The fraction of sp³-hybridized carbons (Fsp3) is 0.316. The van der Waals surface area contributed by atoms with Gasteiger partial charge in [0.1, 0.15) is 6.04 Å². The zero-order chi connectivity index (χ0) is 17.8. The summed E-state index contributed by atoms with van der Waals surface area (Å²) >= 11 is 0. The maximum Gasteiger partial charge on any atom is 0.251 e. The molecule has 1 unspecified atom stereocenters. The van der Waals surface area contributed by atoms with Crippen LogP contribution < -0.4 is 16.0 Å². The number of fused-ring (bicyclic) bond motifs is 1. The second-order valence-corrected chi connectivity index (χ2v) is 6.58. The highest BCUT2D eigenvalue weighted by molar-refractivity contribution is 6.05. The molecule has 3 N–H and O–H groups in total. The van der Waals surface area contributed by atoms with Crippen LogP contribution in [0.5, 0.6) is 0 Å². The lowest BCUT2D eigenvalue weighted by atomic mass is 10.00. The van der Waals surface area contributed by atoms with E-state index in [2.05, 4.69) is 34.8 Å². The number of aromatic nitrogens is 1. The van der Waals surface area contributed by atoms with Gasteiger partial charge in [-0.25, -0.2) is 0 Å². The van der Waals surface area contributed by atoms with Crippen molar-refractivity contribution in [3.8, 4) is 0 Å². The van der Waals surface area contributed by atoms with E-state index in [-0.39, 0.29) is 17.9 Å². The van der Waals surface area contributed by atoms with Crippen LogP contribution in [0, 0.1) is 5.92 Å². The minimum Gasteiger partial charge on any atom is -0.372 e. The molecule has 130 valence electrons. The molecule has 1 aliphatic heterocycles. The smallest absolute Gasteiger partial charge is 0.251 e. The first-order chi connectivity index (χ1) is 12.0. The average Bonchev–Trinajstić information content (AvgIpc) is 2.60. The molecule has 1 aliphatic rings. The number of anilines is 2. The first-order valence-electron chi connectivity index (χ1n) is 8.42. The number of benzene rings is 1. The lowest BCUT2D eigenvalue weighted by molar-refractivity contribution is -0.117. The molecular formula is C19H22N4O2. The molecule has 0 spiro atoms. The van der Waals surface area contributed by atoms with Gasteiger partial charge >= 0.3 is 0 Å². The lowest BCUT2D eigenvalue weighted by Gasteiger charge is -2.28. The third-order valence-electron chi connectivity index (χ3n) is 4.05. The highest BCUT2D eigenvalue weighted by Gasteiger charge is 2.26. The largest absolute Gasteiger partial charge is 0.372 e. The zero-order valence-corrected chi connectivity index (χ0v) is 14.4. The molecule has 6 heteroatoms. The number of nitrogens with one attached hydrogen (secondary N) is 3. The first kappa shape index (κ1) is 17.0. The van der Waals surface area contributed by atoms with E-state index >= 15 is 0 Å². The highest BCUT2D eigenvalue weighted by atomic mass is 16.2. The van der Waals surface area contributed by atoms with Crippen LogP contribution in [0.3, 0.4) is 0 Å². The van der Waals surface area contributed by atoms with Crippen molar-refractivity contribution in [3.63, 3.8) is 0 Å². The Balaban J connectivity index is 1.68. The molecule has 1 atom stereocenters. The third kappa shape index (κ3) is 4.15. The summed E-state index contributed by atoms with van der Waals surface area (Å²) in [5.41, 5.74) is 2.77. The Morgan fingerprint density at radius 3 is 2.80 bits per heavy atom. The normalized spacial score (nSPS) is 16.0. The Kier molecular flexibility index (Phi) is 4.97. The molecule has 0 radical (unpaired) electrons. The fourth-order valence-corrected chi connectivity index (χ4v) is 2.80. The SMILES string of the molecule is CC(C)CC1Nc2ccc(C(=O)NCc3ccccn3)cc2NC1=O. The number of carbonyl (C=O) groups excluding carboxylic acids is 2. The number of hydrogen-bond donors (Lipinski definition) is 3. The van der Waals surface area contributed by atoms with Gasteiger partial charge in [-0.3, -0.25) is 14.6 Å². The van der Waals surface area contributed by atoms with Crippen molar-refractivity contribution in [2.45, 2.75) is 32.9 Å². The summed E-state index contributed by atoms with van der Waals surface area (Å²) in [6.45, 7) is 4.52. The molecule has 0 saturated carbocycles. The molecule has 0 bridgehead atoms. The van der Waals surface area contributed by atoms with Crippen LogP contribution >= 0.6 is 0 Å². The Morgan fingerprint density at radius 2 is 2.08 bits per heavy atom. The van der Waals surface area contributed by atoms with Gasteiger partial charge < -0.3 is 16.0 Å². The van der Waals surface area contributed by atoms with Crippen LogP contribution in [0.1, 0.15) is 36.3 Å². The van der Waals surface area contributed by atoms with Gasteiger partial charge in [-0.15, -0.1) is 0 Å². The van der Waals surface area contributed by atoms with Crippen LogP contribution in [0.4, 0.5) is 11.4 Å². The van der Waals surface area contributed by atoms with Crippen molar-refractivity contribution in [3.05, 3.63) is 53.9 Å². The molecule has 0 fully saturated rings. The van der Waals surface area contributed by atoms with Crippen LogP contribution in [-0.2, 0) is 11.3 Å². The number of nitrogens with zero attached hydrogens (tertiary/aromatic N) is 1. The Labute approximate surface area is 147 Å². The van der Waals surface area contributed by atoms with E-state index in [1.165, 1.54) is 0 Å². The maximum absolute atomic E-state index is 12.3. The van der Waals surface area contributed by atoms with Crippen LogP contribution in [-0.4, -0.2) is 22.8 Å². The van der Waals surface area contributed by atoms with Gasteiger partial charge in [0.25, 0.3) is 5.91 Å². The Morgan fingerprint density at radius 1 is 1.24 bits per heavy atom. The maximum atomic E-state index is 12.3. The summed E-state index contributed by atoms with van der Waals surface area (Å²) in [5, 5.41) is 8.97. The molecule has 2 amide bonds. The van der Waals surface area contributed by atoms with Crippen LogP contribution in [0.25, 0.3) is 0 Å².